The first-order chi connectivity index (χ1) is 7.00. The summed E-state index contributed by atoms with van der Waals surface area (Å²) in [6.45, 7) is 3.85. The second-order valence-corrected chi connectivity index (χ2v) is 4.77. The fourth-order valence-electron chi connectivity index (χ4n) is 1.23. The molecule has 3 heteroatoms. The summed E-state index contributed by atoms with van der Waals surface area (Å²) >= 11 is 3.28. The zero-order valence-electron chi connectivity index (χ0n) is 8.79. The number of rotatable bonds is 4. The molecule has 0 amide bonds. The lowest BCUT2D eigenvalue weighted by Gasteiger charge is -2.03. The van der Waals surface area contributed by atoms with Crippen molar-refractivity contribution in [2.45, 2.75) is 20.3 Å². The van der Waals surface area contributed by atoms with Crippen LogP contribution in [0, 0.1) is 5.92 Å². The minimum atomic E-state index is -0.392. The third-order valence-corrected chi connectivity index (χ3v) is 2.48. The number of benzene rings is 1. The Balaban J connectivity index is 2.76. The van der Waals surface area contributed by atoms with Crippen LogP contribution in [0.5, 0.6) is 0 Å². The third kappa shape index (κ3) is 3.59. The summed E-state index contributed by atoms with van der Waals surface area (Å²) in [6, 6.07) is 6.83. The van der Waals surface area contributed by atoms with Crippen LogP contribution < -0.4 is 0 Å². The van der Waals surface area contributed by atoms with Crippen LogP contribution in [0.1, 0.15) is 30.6 Å². The van der Waals surface area contributed by atoms with Gasteiger partial charge in [-0.1, -0.05) is 29.8 Å². The van der Waals surface area contributed by atoms with Gasteiger partial charge >= 0.3 is 0 Å². The Morgan fingerprint density at radius 2 is 1.73 bits per heavy atom. The molecule has 0 atom stereocenters. The molecule has 15 heavy (non-hydrogen) atoms. The standard InChI is InChI=1S/C12H13BrO2/c1-8(2)7-11(14)12(15)9-3-5-10(13)6-4-9/h3-6,8H,7H2,1-2H3. The molecule has 1 aromatic rings. The third-order valence-electron chi connectivity index (χ3n) is 1.95. The first-order valence-electron chi connectivity index (χ1n) is 4.84. The highest BCUT2D eigenvalue weighted by atomic mass is 79.9. The van der Waals surface area contributed by atoms with Gasteiger partial charge < -0.3 is 0 Å². The fraction of sp³-hybridized carbons (Fsp3) is 0.333. The van der Waals surface area contributed by atoms with Gasteiger partial charge in [-0.15, -0.1) is 0 Å². The van der Waals surface area contributed by atoms with Crippen molar-refractivity contribution in [1.82, 2.24) is 0 Å². The second kappa shape index (κ2) is 5.21. The summed E-state index contributed by atoms with van der Waals surface area (Å²) in [5.74, 6) is -0.486. The molecule has 0 aliphatic heterocycles. The minimum Gasteiger partial charge on any atom is -0.290 e. The molecule has 0 unspecified atom stereocenters. The monoisotopic (exact) mass is 268 g/mol. The molecule has 1 rings (SSSR count). The van der Waals surface area contributed by atoms with Gasteiger partial charge in [-0.2, -0.15) is 0 Å². The van der Waals surface area contributed by atoms with Crippen LogP contribution in [-0.4, -0.2) is 11.6 Å². The summed E-state index contributed by atoms with van der Waals surface area (Å²) in [7, 11) is 0. The van der Waals surface area contributed by atoms with Crippen molar-refractivity contribution in [2.24, 2.45) is 5.92 Å². The fourth-order valence-corrected chi connectivity index (χ4v) is 1.49. The SMILES string of the molecule is CC(C)CC(=O)C(=O)c1ccc(Br)cc1. The second-order valence-electron chi connectivity index (χ2n) is 3.86. The van der Waals surface area contributed by atoms with Crippen molar-refractivity contribution >= 4 is 27.5 Å². The summed E-state index contributed by atoms with van der Waals surface area (Å²) in [5.41, 5.74) is 0.462. The molecule has 0 saturated heterocycles. The molecule has 0 bridgehead atoms. The van der Waals surface area contributed by atoms with Crippen molar-refractivity contribution in [3.05, 3.63) is 34.3 Å². The van der Waals surface area contributed by atoms with Crippen LogP contribution in [0.2, 0.25) is 0 Å². The van der Waals surface area contributed by atoms with Gasteiger partial charge in [0.05, 0.1) is 0 Å². The molecular weight excluding hydrogens is 256 g/mol. The van der Waals surface area contributed by atoms with E-state index in [9.17, 15) is 9.59 Å². The van der Waals surface area contributed by atoms with E-state index in [1.165, 1.54) is 0 Å². The van der Waals surface area contributed by atoms with Crippen molar-refractivity contribution in [3.63, 3.8) is 0 Å². The number of hydrogen-bond acceptors (Lipinski definition) is 2. The largest absolute Gasteiger partial charge is 0.290 e. The lowest BCUT2D eigenvalue weighted by molar-refractivity contribution is -0.115. The molecule has 0 spiro atoms. The molecule has 0 aliphatic carbocycles. The molecule has 2 nitrogen and oxygen atoms in total. The maximum absolute atomic E-state index is 11.6. The van der Waals surface area contributed by atoms with Crippen molar-refractivity contribution in [1.29, 1.82) is 0 Å². The summed E-state index contributed by atoms with van der Waals surface area (Å²) in [5, 5.41) is 0. The highest BCUT2D eigenvalue weighted by molar-refractivity contribution is 9.10. The van der Waals surface area contributed by atoms with Gasteiger partial charge in [-0.3, -0.25) is 9.59 Å². The van der Waals surface area contributed by atoms with Crippen LogP contribution in [0.4, 0.5) is 0 Å². The van der Waals surface area contributed by atoms with Crippen molar-refractivity contribution in [2.75, 3.05) is 0 Å². The zero-order valence-corrected chi connectivity index (χ0v) is 10.4. The summed E-state index contributed by atoms with van der Waals surface area (Å²) in [4.78, 5) is 23.1. The quantitative estimate of drug-likeness (QED) is 0.621. The van der Waals surface area contributed by atoms with Gasteiger partial charge in [0.1, 0.15) is 0 Å². The first-order valence-corrected chi connectivity index (χ1v) is 5.63. The Labute approximate surface area is 97.8 Å². The number of ketones is 2. The molecule has 0 aliphatic rings. The van der Waals surface area contributed by atoms with Crippen molar-refractivity contribution in [3.8, 4) is 0 Å². The maximum Gasteiger partial charge on any atom is 0.228 e. The van der Waals surface area contributed by atoms with Crippen LogP contribution in [0.25, 0.3) is 0 Å². The summed E-state index contributed by atoms with van der Waals surface area (Å²) in [6.07, 6.45) is 0.314. The van der Waals surface area contributed by atoms with E-state index in [4.69, 9.17) is 0 Å². The van der Waals surface area contributed by atoms with E-state index < -0.39 is 5.78 Å². The van der Waals surface area contributed by atoms with E-state index in [1.807, 2.05) is 13.8 Å². The van der Waals surface area contributed by atoms with E-state index in [1.54, 1.807) is 24.3 Å². The molecule has 0 heterocycles. The van der Waals surface area contributed by atoms with Gasteiger partial charge in [-0.25, -0.2) is 0 Å². The highest BCUT2D eigenvalue weighted by Gasteiger charge is 2.16. The lowest BCUT2D eigenvalue weighted by atomic mass is 10.0. The van der Waals surface area contributed by atoms with Crippen LogP contribution >= 0.6 is 15.9 Å². The average molecular weight is 269 g/mol. The number of halogens is 1. The zero-order chi connectivity index (χ0) is 11.4. The summed E-state index contributed by atoms with van der Waals surface area (Å²) < 4.78 is 0.898. The average Bonchev–Trinajstić information content (AvgIpc) is 2.17. The molecule has 80 valence electrons. The normalized spacial score (nSPS) is 10.4. The van der Waals surface area contributed by atoms with E-state index in [2.05, 4.69) is 15.9 Å². The molecule has 0 N–H and O–H groups in total. The van der Waals surface area contributed by atoms with Gasteiger partial charge in [0.2, 0.25) is 11.6 Å². The van der Waals surface area contributed by atoms with Crippen molar-refractivity contribution < 1.29 is 9.59 Å². The number of hydrogen-bond donors (Lipinski definition) is 0. The molecule has 0 saturated carbocycles. The molecular formula is C12H13BrO2. The first kappa shape index (κ1) is 12.1. The Kier molecular flexibility index (Phi) is 4.21. The Morgan fingerprint density at radius 1 is 1.20 bits per heavy atom. The Bertz CT molecular complexity index is 366. The Morgan fingerprint density at radius 3 is 2.20 bits per heavy atom. The van der Waals surface area contributed by atoms with Gasteiger partial charge in [0.15, 0.2) is 0 Å². The predicted molar refractivity (Wildman–Crippen MR) is 62.9 cm³/mol. The number of Topliss-reactive ketones (excluding diaryl/α,β-unsaturated/α-hetero) is 2. The Hall–Kier alpha value is -0.960. The lowest BCUT2D eigenvalue weighted by Crippen LogP contribution is -2.15. The van der Waals surface area contributed by atoms with Gasteiger partial charge in [0.25, 0.3) is 0 Å². The van der Waals surface area contributed by atoms with Gasteiger partial charge in [0, 0.05) is 16.5 Å². The highest BCUT2D eigenvalue weighted by Crippen LogP contribution is 2.12. The predicted octanol–water partition coefficient (Wildman–Crippen LogP) is 3.25. The molecule has 0 aromatic heterocycles. The number of carbonyl (C=O) groups is 2. The minimum absolute atomic E-state index is 0.219. The van der Waals surface area contributed by atoms with Gasteiger partial charge in [-0.05, 0) is 30.2 Å². The van der Waals surface area contributed by atoms with E-state index >= 15 is 0 Å². The smallest absolute Gasteiger partial charge is 0.228 e. The molecule has 0 fully saturated rings. The van der Waals surface area contributed by atoms with E-state index in [0.717, 1.165) is 4.47 Å². The van der Waals surface area contributed by atoms with E-state index in [0.29, 0.717) is 12.0 Å². The van der Waals surface area contributed by atoms with Crippen LogP contribution in [0.15, 0.2) is 28.7 Å². The maximum atomic E-state index is 11.6. The topological polar surface area (TPSA) is 34.1 Å². The number of carbonyl (C=O) groups excluding carboxylic acids is 2. The molecule has 0 radical (unpaired) electrons. The van der Waals surface area contributed by atoms with Crippen LogP contribution in [0.3, 0.4) is 0 Å². The van der Waals surface area contributed by atoms with E-state index in [-0.39, 0.29) is 11.7 Å². The molecule has 1 aromatic carbocycles. The van der Waals surface area contributed by atoms with Crippen LogP contribution in [-0.2, 0) is 4.79 Å².